The zero-order valence-corrected chi connectivity index (χ0v) is 11.9. The summed E-state index contributed by atoms with van der Waals surface area (Å²) in [6, 6.07) is 8.35. The number of aryl methyl sites for hydroxylation is 1. The topological polar surface area (TPSA) is 43.8 Å². The van der Waals surface area contributed by atoms with Gasteiger partial charge in [-0.2, -0.15) is 13.2 Å². The fourth-order valence-electron chi connectivity index (χ4n) is 2.25. The molecule has 0 fully saturated rings. The first kappa shape index (κ1) is 13.9. The number of benzene rings is 1. The highest BCUT2D eigenvalue weighted by Crippen LogP contribution is 2.33. The standard InChI is InChI=1S/C14H12F3N3S/c1-8-2-4-10(21-8)7-20-12-5-3-9(18)6-11(12)19-13(20)14(15,16)17/h2-6H,7,18H2,1H3. The molecule has 0 spiro atoms. The molecule has 2 N–H and O–H groups in total. The van der Waals surface area contributed by atoms with Gasteiger partial charge in [0.25, 0.3) is 0 Å². The fraction of sp³-hybridized carbons (Fsp3) is 0.214. The van der Waals surface area contributed by atoms with E-state index in [0.29, 0.717) is 11.2 Å². The Morgan fingerprint density at radius 3 is 2.62 bits per heavy atom. The van der Waals surface area contributed by atoms with E-state index in [1.165, 1.54) is 22.0 Å². The van der Waals surface area contributed by atoms with Gasteiger partial charge in [-0.15, -0.1) is 11.3 Å². The van der Waals surface area contributed by atoms with E-state index in [1.54, 1.807) is 12.1 Å². The number of hydrogen-bond donors (Lipinski definition) is 1. The Hall–Kier alpha value is -2.02. The molecular formula is C14H12F3N3S. The Labute approximate surface area is 122 Å². The van der Waals surface area contributed by atoms with E-state index < -0.39 is 12.0 Å². The molecule has 3 aromatic rings. The number of alkyl halides is 3. The third kappa shape index (κ3) is 2.61. The van der Waals surface area contributed by atoms with Crippen molar-refractivity contribution in [3.05, 3.63) is 45.9 Å². The molecule has 2 heterocycles. The predicted octanol–water partition coefficient (Wildman–Crippen LogP) is 4.06. The van der Waals surface area contributed by atoms with Gasteiger partial charge in [-0.3, -0.25) is 0 Å². The molecule has 7 heteroatoms. The van der Waals surface area contributed by atoms with Crippen LogP contribution in [0.4, 0.5) is 18.9 Å². The average molecular weight is 311 g/mol. The zero-order valence-electron chi connectivity index (χ0n) is 11.1. The van der Waals surface area contributed by atoms with Crippen LogP contribution in [0, 0.1) is 6.92 Å². The summed E-state index contributed by atoms with van der Waals surface area (Å²) in [5.74, 6) is -0.894. The largest absolute Gasteiger partial charge is 0.449 e. The van der Waals surface area contributed by atoms with Crippen LogP contribution in [0.15, 0.2) is 30.3 Å². The number of anilines is 1. The molecular weight excluding hydrogens is 299 g/mol. The lowest BCUT2D eigenvalue weighted by atomic mass is 10.3. The van der Waals surface area contributed by atoms with E-state index in [0.717, 1.165) is 9.75 Å². The Morgan fingerprint density at radius 2 is 2.00 bits per heavy atom. The number of aromatic nitrogens is 2. The molecule has 0 amide bonds. The van der Waals surface area contributed by atoms with Gasteiger partial charge in [0, 0.05) is 15.4 Å². The molecule has 0 aliphatic rings. The highest BCUT2D eigenvalue weighted by atomic mass is 32.1. The SMILES string of the molecule is Cc1ccc(Cn2c(C(F)(F)F)nc3cc(N)ccc32)s1. The number of halogens is 3. The Kier molecular flexibility index (Phi) is 3.16. The summed E-state index contributed by atoms with van der Waals surface area (Å²) in [6.07, 6.45) is -4.50. The number of nitrogens with zero attached hydrogens (tertiary/aromatic N) is 2. The van der Waals surface area contributed by atoms with Crippen molar-refractivity contribution in [2.75, 3.05) is 5.73 Å². The molecule has 2 aromatic heterocycles. The quantitative estimate of drug-likeness (QED) is 0.725. The first-order valence-corrected chi connectivity index (χ1v) is 7.04. The minimum absolute atomic E-state index is 0.147. The molecule has 0 saturated carbocycles. The molecule has 0 bridgehead atoms. The van der Waals surface area contributed by atoms with E-state index in [1.807, 2.05) is 19.1 Å². The van der Waals surface area contributed by atoms with Gasteiger partial charge < -0.3 is 10.3 Å². The normalized spacial score (nSPS) is 12.2. The van der Waals surface area contributed by atoms with Crippen molar-refractivity contribution in [2.24, 2.45) is 0 Å². The van der Waals surface area contributed by atoms with Crippen LogP contribution >= 0.6 is 11.3 Å². The second kappa shape index (κ2) is 4.77. The number of rotatable bonds is 2. The van der Waals surface area contributed by atoms with Gasteiger partial charge >= 0.3 is 6.18 Å². The van der Waals surface area contributed by atoms with Crippen molar-refractivity contribution in [1.29, 1.82) is 0 Å². The molecule has 110 valence electrons. The second-order valence-electron chi connectivity index (χ2n) is 4.78. The maximum atomic E-state index is 13.2. The molecule has 0 aliphatic heterocycles. The van der Waals surface area contributed by atoms with Crippen LogP contribution in [0.2, 0.25) is 0 Å². The number of nitrogens with two attached hydrogens (primary N) is 1. The van der Waals surface area contributed by atoms with Crippen LogP contribution in [0.5, 0.6) is 0 Å². The molecule has 0 unspecified atom stereocenters. The van der Waals surface area contributed by atoms with Crippen LogP contribution in [0.25, 0.3) is 11.0 Å². The lowest BCUT2D eigenvalue weighted by Gasteiger charge is -2.10. The smallest absolute Gasteiger partial charge is 0.399 e. The van der Waals surface area contributed by atoms with Gasteiger partial charge in [-0.25, -0.2) is 4.98 Å². The van der Waals surface area contributed by atoms with Crippen LogP contribution in [0.3, 0.4) is 0 Å². The van der Waals surface area contributed by atoms with Gasteiger partial charge in [0.2, 0.25) is 5.82 Å². The fourth-order valence-corrected chi connectivity index (χ4v) is 3.13. The third-order valence-corrected chi connectivity index (χ3v) is 4.12. The van der Waals surface area contributed by atoms with Crippen molar-refractivity contribution < 1.29 is 13.2 Å². The summed E-state index contributed by atoms with van der Waals surface area (Å²) >= 11 is 1.48. The summed E-state index contributed by atoms with van der Waals surface area (Å²) in [7, 11) is 0. The predicted molar refractivity (Wildman–Crippen MR) is 77.3 cm³/mol. The molecule has 0 aliphatic carbocycles. The summed E-state index contributed by atoms with van der Waals surface area (Å²) in [4.78, 5) is 5.63. The molecule has 0 radical (unpaired) electrons. The number of hydrogen-bond acceptors (Lipinski definition) is 3. The van der Waals surface area contributed by atoms with Crippen molar-refractivity contribution in [2.45, 2.75) is 19.6 Å². The van der Waals surface area contributed by atoms with Crippen molar-refractivity contribution >= 4 is 28.1 Å². The van der Waals surface area contributed by atoms with E-state index in [9.17, 15) is 13.2 Å². The molecule has 3 nitrogen and oxygen atoms in total. The van der Waals surface area contributed by atoms with E-state index >= 15 is 0 Å². The van der Waals surface area contributed by atoms with Gasteiger partial charge in [0.1, 0.15) is 0 Å². The maximum Gasteiger partial charge on any atom is 0.449 e. The summed E-state index contributed by atoms with van der Waals surface area (Å²) < 4.78 is 40.7. The highest BCUT2D eigenvalue weighted by molar-refractivity contribution is 7.11. The van der Waals surface area contributed by atoms with Crippen molar-refractivity contribution in [1.82, 2.24) is 9.55 Å². The Bertz CT molecular complexity index is 801. The van der Waals surface area contributed by atoms with E-state index in [4.69, 9.17) is 5.73 Å². The minimum atomic E-state index is -4.50. The number of fused-ring (bicyclic) bond motifs is 1. The molecule has 0 atom stereocenters. The monoisotopic (exact) mass is 311 g/mol. The molecule has 3 rings (SSSR count). The summed E-state index contributed by atoms with van der Waals surface area (Å²) in [5, 5.41) is 0. The number of nitrogen functional groups attached to an aromatic ring is 1. The first-order valence-electron chi connectivity index (χ1n) is 6.23. The zero-order chi connectivity index (χ0) is 15.2. The number of thiophene rings is 1. The third-order valence-electron chi connectivity index (χ3n) is 3.14. The van der Waals surface area contributed by atoms with E-state index in [-0.39, 0.29) is 12.1 Å². The lowest BCUT2D eigenvalue weighted by Crippen LogP contribution is -2.15. The van der Waals surface area contributed by atoms with Gasteiger partial charge in [-0.1, -0.05) is 0 Å². The second-order valence-corrected chi connectivity index (χ2v) is 6.15. The number of imidazole rings is 1. The maximum absolute atomic E-state index is 13.2. The van der Waals surface area contributed by atoms with Gasteiger partial charge in [0.05, 0.1) is 17.6 Å². The average Bonchev–Trinajstić information content (AvgIpc) is 2.93. The Balaban J connectivity index is 2.17. The van der Waals surface area contributed by atoms with Gasteiger partial charge in [0.15, 0.2) is 0 Å². The van der Waals surface area contributed by atoms with E-state index in [2.05, 4.69) is 4.98 Å². The Morgan fingerprint density at radius 1 is 1.24 bits per heavy atom. The van der Waals surface area contributed by atoms with Crippen molar-refractivity contribution in [3.8, 4) is 0 Å². The van der Waals surface area contributed by atoms with Gasteiger partial charge in [-0.05, 0) is 37.3 Å². The van der Waals surface area contributed by atoms with Crippen LogP contribution in [-0.4, -0.2) is 9.55 Å². The van der Waals surface area contributed by atoms with Crippen LogP contribution in [0.1, 0.15) is 15.6 Å². The van der Waals surface area contributed by atoms with Crippen molar-refractivity contribution in [3.63, 3.8) is 0 Å². The highest BCUT2D eigenvalue weighted by Gasteiger charge is 2.37. The van der Waals surface area contributed by atoms with Crippen LogP contribution in [-0.2, 0) is 12.7 Å². The minimum Gasteiger partial charge on any atom is -0.399 e. The first-order chi connectivity index (χ1) is 9.84. The molecule has 0 saturated heterocycles. The molecule has 1 aromatic carbocycles. The summed E-state index contributed by atoms with van der Waals surface area (Å²) in [5.41, 5.74) is 6.71. The van der Waals surface area contributed by atoms with Crippen LogP contribution < -0.4 is 5.73 Å². The lowest BCUT2D eigenvalue weighted by molar-refractivity contribution is -0.146. The summed E-state index contributed by atoms with van der Waals surface area (Å²) in [6.45, 7) is 2.07. The molecule has 21 heavy (non-hydrogen) atoms.